The normalized spacial score (nSPS) is 13.6. The minimum atomic E-state index is -1.46. The number of ether oxygens (including phenoxy) is 1. The fourth-order valence-electron chi connectivity index (χ4n) is 1.50. The Bertz CT molecular complexity index is 483. The number of aliphatic hydroxyl groups excluding tert-OH is 2. The second-order valence-electron chi connectivity index (χ2n) is 3.87. The molecule has 1 aromatic rings. The first kappa shape index (κ1) is 14.9. The molecule has 0 heterocycles. The standard InChI is InChI=1S/C12H14O7/c1-19-10(15)5-9(14)11(16)6-2-3-8(13)7(4-6)12(17)18/h2-4,9,11,13-14,16H,5H2,1H3,(H,17,18). The van der Waals surface area contributed by atoms with Gasteiger partial charge in [0.15, 0.2) is 0 Å². The van der Waals surface area contributed by atoms with Gasteiger partial charge in [0.25, 0.3) is 0 Å². The van der Waals surface area contributed by atoms with Crippen molar-refractivity contribution in [2.45, 2.75) is 18.6 Å². The van der Waals surface area contributed by atoms with Gasteiger partial charge in [0, 0.05) is 0 Å². The van der Waals surface area contributed by atoms with E-state index in [4.69, 9.17) is 5.11 Å². The van der Waals surface area contributed by atoms with Crippen LogP contribution in [0.15, 0.2) is 18.2 Å². The zero-order chi connectivity index (χ0) is 14.6. The number of aromatic hydroxyl groups is 1. The van der Waals surface area contributed by atoms with Crippen LogP contribution in [0.3, 0.4) is 0 Å². The molecule has 104 valence electrons. The minimum Gasteiger partial charge on any atom is -0.507 e. The third kappa shape index (κ3) is 3.67. The Labute approximate surface area is 108 Å². The summed E-state index contributed by atoms with van der Waals surface area (Å²) >= 11 is 0. The van der Waals surface area contributed by atoms with E-state index in [0.717, 1.165) is 19.2 Å². The molecule has 0 spiro atoms. The summed E-state index contributed by atoms with van der Waals surface area (Å²) in [5.74, 6) is -2.52. The van der Waals surface area contributed by atoms with Crippen molar-refractivity contribution in [3.05, 3.63) is 29.3 Å². The van der Waals surface area contributed by atoms with E-state index in [1.54, 1.807) is 0 Å². The molecule has 1 aromatic carbocycles. The van der Waals surface area contributed by atoms with Crippen LogP contribution in [0.2, 0.25) is 0 Å². The lowest BCUT2D eigenvalue weighted by Crippen LogP contribution is -2.22. The van der Waals surface area contributed by atoms with Crippen LogP contribution in [-0.2, 0) is 9.53 Å². The molecule has 0 aliphatic rings. The molecule has 0 aromatic heterocycles. The minimum absolute atomic E-state index is 0.0756. The third-order valence-electron chi connectivity index (χ3n) is 2.56. The van der Waals surface area contributed by atoms with Gasteiger partial charge >= 0.3 is 11.9 Å². The largest absolute Gasteiger partial charge is 0.507 e. The molecular formula is C12H14O7. The van der Waals surface area contributed by atoms with E-state index in [0.29, 0.717) is 0 Å². The monoisotopic (exact) mass is 270 g/mol. The number of aliphatic hydroxyl groups is 2. The number of hydrogen-bond donors (Lipinski definition) is 4. The summed E-state index contributed by atoms with van der Waals surface area (Å²) in [6.07, 6.45) is -3.32. The van der Waals surface area contributed by atoms with Gasteiger partial charge in [-0.1, -0.05) is 6.07 Å². The zero-order valence-corrected chi connectivity index (χ0v) is 10.1. The summed E-state index contributed by atoms with van der Waals surface area (Å²) in [6.45, 7) is 0. The number of carbonyl (C=O) groups is 2. The zero-order valence-electron chi connectivity index (χ0n) is 10.1. The number of carboxylic acid groups (broad SMARTS) is 1. The van der Waals surface area contributed by atoms with E-state index in [-0.39, 0.29) is 5.56 Å². The van der Waals surface area contributed by atoms with Crippen LogP contribution < -0.4 is 0 Å². The van der Waals surface area contributed by atoms with E-state index >= 15 is 0 Å². The fraction of sp³-hybridized carbons (Fsp3) is 0.333. The second kappa shape index (κ2) is 6.17. The van der Waals surface area contributed by atoms with Gasteiger partial charge in [-0.2, -0.15) is 0 Å². The van der Waals surface area contributed by atoms with Crippen molar-refractivity contribution in [2.75, 3.05) is 7.11 Å². The molecule has 7 nitrogen and oxygen atoms in total. The predicted molar refractivity (Wildman–Crippen MR) is 62.7 cm³/mol. The highest BCUT2D eigenvalue weighted by molar-refractivity contribution is 5.91. The molecule has 2 unspecified atom stereocenters. The van der Waals surface area contributed by atoms with E-state index in [2.05, 4.69) is 4.74 Å². The van der Waals surface area contributed by atoms with Gasteiger partial charge in [0.05, 0.1) is 19.6 Å². The van der Waals surface area contributed by atoms with Crippen molar-refractivity contribution < 1.29 is 34.8 Å². The number of esters is 1. The Hall–Kier alpha value is -2.12. The third-order valence-corrected chi connectivity index (χ3v) is 2.56. The summed E-state index contributed by atoms with van der Waals surface area (Å²) in [5, 5.41) is 37.5. The number of carbonyl (C=O) groups excluding carboxylic acids is 1. The smallest absolute Gasteiger partial charge is 0.339 e. The highest BCUT2D eigenvalue weighted by Gasteiger charge is 2.23. The molecule has 0 saturated heterocycles. The Morgan fingerprint density at radius 1 is 1.32 bits per heavy atom. The highest BCUT2D eigenvalue weighted by atomic mass is 16.5. The lowest BCUT2D eigenvalue weighted by Gasteiger charge is -2.17. The summed E-state index contributed by atoms with van der Waals surface area (Å²) < 4.78 is 4.34. The van der Waals surface area contributed by atoms with Gasteiger partial charge < -0.3 is 25.2 Å². The first-order chi connectivity index (χ1) is 8.86. The maximum Gasteiger partial charge on any atom is 0.339 e. The van der Waals surface area contributed by atoms with Crippen LogP contribution in [0.25, 0.3) is 0 Å². The number of rotatable bonds is 5. The van der Waals surface area contributed by atoms with Crippen molar-refractivity contribution in [3.8, 4) is 5.75 Å². The highest BCUT2D eigenvalue weighted by Crippen LogP contribution is 2.25. The van der Waals surface area contributed by atoms with Gasteiger partial charge in [-0.3, -0.25) is 4.79 Å². The maximum atomic E-state index is 11.0. The molecule has 4 N–H and O–H groups in total. The molecule has 0 bridgehead atoms. The summed E-state index contributed by atoms with van der Waals surface area (Å²) in [4.78, 5) is 21.8. The SMILES string of the molecule is COC(=O)CC(O)C(O)c1ccc(O)c(C(=O)O)c1. The molecule has 0 aliphatic heterocycles. The van der Waals surface area contributed by atoms with Crippen molar-refractivity contribution in [1.29, 1.82) is 0 Å². The Kier molecular flexibility index (Phi) is 4.85. The molecule has 0 aliphatic carbocycles. The molecule has 0 amide bonds. The summed E-state index contributed by atoms with van der Waals surface area (Å²) in [7, 11) is 1.14. The maximum absolute atomic E-state index is 11.0. The van der Waals surface area contributed by atoms with Crippen molar-refractivity contribution >= 4 is 11.9 Å². The summed E-state index contributed by atoms with van der Waals surface area (Å²) in [5.41, 5.74) is -0.326. The van der Waals surface area contributed by atoms with Crippen LogP contribution in [0.5, 0.6) is 5.75 Å². The van der Waals surface area contributed by atoms with E-state index < -0.39 is 41.9 Å². The van der Waals surface area contributed by atoms with Crippen LogP contribution in [0.4, 0.5) is 0 Å². The van der Waals surface area contributed by atoms with Crippen LogP contribution in [-0.4, -0.2) is 45.6 Å². The van der Waals surface area contributed by atoms with Gasteiger partial charge in [-0.05, 0) is 17.7 Å². The van der Waals surface area contributed by atoms with Crippen molar-refractivity contribution in [2.24, 2.45) is 0 Å². The second-order valence-corrected chi connectivity index (χ2v) is 3.87. The Morgan fingerprint density at radius 3 is 2.47 bits per heavy atom. The number of methoxy groups -OCH3 is 1. The molecule has 0 radical (unpaired) electrons. The average Bonchev–Trinajstić information content (AvgIpc) is 2.37. The van der Waals surface area contributed by atoms with Crippen molar-refractivity contribution in [3.63, 3.8) is 0 Å². The first-order valence-electron chi connectivity index (χ1n) is 5.36. The van der Waals surface area contributed by atoms with Crippen LogP contribution in [0, 0.1) is 0 Å². The number of carboxylic acids is 1. The molecular weight excluding hydrogens is 256 g/mol. The lowest BCUT2D eigenvalue weighted by molar-refractivity contribution is -0.144. The first-order valence-corrected chi connectivity index (χ1v) is 5.36. The Morgan fingerprint density at radius 2 is 1.95 bits per heavy atom. The van der Waals surface area contributed by atoms with E-state index in [1.807, 2.05) is 0 Å². The number of hydrogen-bond acceptors (Lipinski definition) is 6. The molecule has 0 saturated carbocycles. The van der Waals surface area contributed by atoms with Gasteiger partial charge in [-0.25, -0.2) is 4.79 Å². The van der Waals surface area contributed by atoms with Gasteiger partial charge in [0.1, 0.15) is 17.4 Å². The quantitative estimate of drug-likeness (QED) is 0.557. The van der Waals surface area contributed by atoms with E-state index in [9.17, 15) is 24.9 Å². The molecule has 1 rings (SSSR count). The van der Waals surface area contributed by atoms with Crippen molar-refractivity contribution in [1.82, 2.24) is 0 Å². The molecule has 7 heteroatoms. The number of aromatic carboxylic acids is 1. The van der Waals surface area contributed by atoms with Crippen LogP contribution >= 0.6 is 0 Å². The van der Waals surface area contributed by atoms with Gasteiger partial charge in [-0.15, -0.1) is 0 Å². The lowest BCUT2D eigenvalue weighted by atomic mass is 9.99. The molecule has 0 fully saturated rings. The average molecular weight is 270 g/mol. The fourth-order valence-corrected chi connectivity index (χ4v) is 1.50. The topological polar surface area (TPSA) is 124 Å². The number of phenols is 1. The molecule has 19 heavy (non-hydrogen) atoms. The van der Waals surface area contributed by atoms with E-state index in [1.165, 1.54) is 6.07 Å². The molecule has 2 atom stereocenters. The Balaban J connectivity index is 2.93. The number of benzene rings is 1. The summed E-state index contributed by atoms with van der Waals surface area (Å²) in [6, 6.07) is 3.38. The predicted octanol–water partition coefficient (Wildman–Crippen LogP) is 0.0478. The van der Waals surface area contributed by atoms with Crippen LogP contribution in [0.1, 0.15) is 28.4 Å². The van der Waals surface area contributed by atoms with Gasteiger partial charge in [0.2, 0.25) is 0 Å².